The van der Waals surface area contributed by atoms with Crippen LogP contribution in [0.2, 0.25) is 0 Å². The van der Waals surface area contributed by atoms with Gasteiger partial charge in [-0.15, -0.1) is 5.10 Å². The van der Waals surface area contributed by atoms with Crippen molar-refractivity contribution in [1.82, 2.24) is 30.5 Å². The van der Waals surface area contributed by atoms with Crippen LogP contribution in [-0.4, -0.2) is 43.2 Å². The molecule has 4 rings (SSSR count). The summed E-state index contributed by atoms with van der Waals surface area (Å²) in [5.41, 5.74) is 1.77. The number of rotatable bonds is 5. The Morgan fingerprint density at radius 1 is 1.42 bits per heavy atom. The zero-order chi connectivity index (χ0) is 16.5. The standard InChI is InChI=1S/C15H14N6O3/c22-13-5-10(24-13)8-21-7-9(17-20-21)6-16-15(23)14-11-3-1-2-4-12(11)18-19-14/h1-4,7,10H,5-6,8H2,(H,16,23)(H,18,19). The third-order valence-electron chi connectivity index (χ3n) is 3.78. The van der Waals surface area contributed by atoms with E-state index in [1.54, 1.807) is 10.9 Å². The number of hydrogen-bond donors (Lipinski definition) is 2. The lowest BCUT2D eigenvalue weighted by Crippen LogP contribution is -2.36. The lowest BCUT2D eigenvalue weighted by Gasteiger charge is -2.24. The third-order valence-corrected chi connectivity index (χ3v) is 3.78. The quantitative estimate of drug-likeness (QED) is 0.656. The Labute approximate surface area is 136 Å². The second-order valence-corrected chi connectivity index (χ2v) is 5.55. The van der Waals surface area contributed by atoms with E-state index in [1.165, 1.54) is 0 Å². The van der Waals surface area contributed by atoms with E-state index >= 15 is 0 Å². The number of cyclic esters (lactones) is 1. The Balaban J connectivity index is 1.37. The Morgan fingerprint density at radius 2 is 2.25 bits per heavy atom. The van der Waals surface area contributed by atoms with Crippen LogP contribution in [0.5, 0.6) is 0 Å². The van der Waals surface area contributed by atoms with Crippen LogP contribution >= 0.6 is 0 Å². The molecule has 1 fully saturated rings. The summed E-state index contributed by atoms with van der Waals surface area (Å²) in [5, 5.41) is 18.4. The van der Waals surface area contributed by atoms with E-state index < -0.39 is 0 Å². The Kier molecular flexibility index (Phi) is 3.45. The molecule has 1 amide bonds. The summed E-state index contributed by atoms with van der Waals surface area (Å²) in [7, 11) is 0. The van der Waals surface area contributed by atoms with Gasteiger partial charge in [-0.2, -0.15) is 5.10 Å². The molecule has 3 aromatic rings. The number of nitrogens with zero attached hydrogens (tertiary/aromatic N) is 4. The van der Waals surface area contributed by atoms with Crippen molar-refractivity contribution in [2.45, 2.75) is 25.6 Å². The average molecular weight is 326 g/mol. The number of carbonyl (C=O) groups excluding carboxylic acids is 2. The molecule has 3 heterocycles. The van der Waals surface area contributed by atoms with Crippen molar-refractivity contribution < 1.29 is 14.3 Å². The van der Waals surface area contributed by atoms with E-state index in [-0.39, 0.29) is 24.5 Å². The van der Waals surface area contributed by atoms with E-state index in [0.717, 1.165) is 10.9 Å². The smallest absolute Gasteiger partial charge is 0.309 e. The molecule has 2 N–H and O–H groups in total. The fraction of sp³-hybridized carbons (Fsp3) is 0.267. The molecule has 1 unspecified atom stereocenters. The van der Waals surface area contributed by atoms with Crippen LogP contribution in [-0.2, 0) is 22.6 Å². The van der Waals surface area contributed by atoms with Gasteiger partial charge in [-0.25, -0.2) is 4.68 Å². The van der Waals surface area contributed by atoms with Gasteiger partial charge in [0.2, 0.25) is 0 Å². The van der Waals surface area contributed by atoms with Crippen molar-refractivity contribution in [2.75, 3.05) is 0 Å². The normalized spacial score (nSPS) is 16.7. The van der Waals surface area contributed by atoms with Gasteiger partial charge >= 0.3 is 5.97 Å². The molecule has 122 valence electrons. The van der Waals surface area contributed by atoms with Crippen molar-refractivity contribution in [3.05, 3.63) is 41.9 Å². The number of para-hydroxylation sites is 1. The van der Waals surface area contributed by atoms with Crippen molar-refractivity contribution in [3.8, 4) is 0 Å². The summed E-state index contributed by atoms with van der Waals surface area (Å²) in [6.07, 6.45) is 1.98. The number of carbonyl (C=O) groups is 2. The maximum absolute atomic E-state index is 12.3. The second kappa shape index (κ2) is 5.76. The van der Waals surface area contributed by atoms with Crippen molar-refractivity contribution in [2.24, 2.45) is 0 Å². The molecule has 9 heteroatoms. The van der Waals surface area contributed by atoms with E-state index in [0.29, 0.717) is 24.4 Å². The van der Waals surface area contributed by atoms with E-state index in [9.17, 15) is 9.59 Å². The first-order valence-corrected chi connectivity index (χ1v) is 7.49. The highest BCUT2D eigenvalue weighted by Crippen LogP contribution is 2.16. The fourth-order valence-corrected chi connectivity index (χ4v) is 2.57. The number of benzene rings is 1. The van der Waals surface area contributed by atoms with Gasteiger partial charge in [-0.3, -0.25) is 14.7 Å². The van der Waals surface area contributed by atoms with E-state index in [4.69, 9.17) is 4.74 Å². The van der Waals surface area contributed by atoms with Crippen LogP contribution in [0, 0.1) is 0 Å². The van der Waals surface area contributed by atoms with Crippen LogP contribution in [0.3, 0.4) is 0 Å². The number of amides is 1. The molecule has 1 aliphatic rings. The summed E-state index contributed by atoms with van der Waals surface area (Å²) in [6.45, 7) is 0.709. The molecule has 9 nitrogen and oxygen atoms in total. The van der Waals surface area contributed by atoms with Crippen LogP contribution in [0.25, 0.3) is 10.9 Å². The average Bonchev–Trinajstić information content (AvgIpc) is 3.18. The monoisotopic (exact) mass is 326 g/mol. The zero-order valence-electron chi connectivity index (χ0n) is 12.6. The van der Waals surface area contributed by atoms with Crippen LogP contribution in [0.1, 0.15) is 22.6 Å². The van der Waals surface area contributed by atoms with Gasteiger partial charge in [0.25, 0.3) is 5.91 Å². The molecule has 1 aromatic carbocycles. The molecule has 0 spiro atoms. The molecule has 2 aromatic heterocycles. The minimum atomic E-state index is -0.282. The summed E-state index contributed by atoms with van der Waals surface area (Å²) >= 11 is 0. The van der Waals surface area contributed by atoms with Gasteiger partial charge in [0.1, 0.15) is 11.8 Å². The van der Waals surface area contributed by atoms with Gasteiger partial charge in [-0.1, -0.05) is 23.4 Å². The SMILES string of the molecule is O=C1CC(Cn2cc(CNC(=O)c3n[nH]c4ccccc34)nn2)O1. The van der Waals surface area contributed by atoms with Crippen LogP contribution < -0.4 is 5.32 Å². The molecular weight excluding hydrogens is 312 g/mol. The minimum Gasteiger partial charge on any atom is -0.460 e. The second-order valence-electron chi connectivity index (χ2n) is 5.55. The van der Waals surface area contributed by atoms with Crippen molar-refractivity contribution in [1.29, 1.82) is 0 Å². The summed E-state index contributed by atoms with van der Waals surface area (Å²) in [5.74, 6) is -0.478. The maximum Gasteiger partial charge on any atom is 0.309 e. The van der Waals surface area contributed by atoms with E-state index in [2.05, 4.69) is 25.8 Å². The number of esters is 1. The number of H-pyrrole nitrogens is 1. The van der Waals surface area contributed by atoms with Gasteiger partial charge in [-0.05, 0) is 6.07 Å². The maximum atomic E-state index is 12.3. The molecule has 1 atom stereocenters. The summed E-state index contributed by atoms with van der Waals surface area (Å²) in [6, 6.07) is 7.43. The highest BCUT2D eigenvalue weighted by atomic mass is 16.6. The number of ether oxygens (including phenoxy) is 1. The van der Waals surface area contributed by atoms with E-state index in [1.807, 2.05) is 24.3 Å². The van der Waals surface area contributed by atoms with Crippen LogP contribution in [0.15, 0.2) is 30.5 Å². The number of fused-ring (bicyclic) bond motifs is 1. The molecule has 0 radical (unpaired) electrons. The number of aromatic amines is 1. The van der Waals surface area contributed by atoms with Gasteiger partial charge < -0.3 is 10.1 Å². The Hall–Kier alpha value is -3.23. The predicted octanol–water partition coefficient (Wildman–Crippen LogP) is 0.400. The predicted molar refractivity (Wildman–Crippen MR) is 81.8 cm³/mol. The Morgan fingerprint density at radius 3 is 3.08 bits per heavy atom. The molecule has 0 bridgehead atoms. The third kappa shape index (κ3) is 2.71. The first kappa shape index (κ1) is 14.4. The van der Waals surface area contributed by atoms with Crippen molar-refractivity contribution in [3.63, 3.8) is 0 Å². The molecule has 1 saturated heterocycles. The largest absolute Gasteiger partial charge is 0.460 e. The number of hydrogen-bond acceptors (Lipinski definition) is 6. The molecule has 0 aliphatic carbocycles. The highest BCUT2D eigenvalue weighted by Gasteiger charge is 2.28. The fourth-order valence-electron chi connectivity index (χ4n) is 2.57. The van der Waals surface area contributed by atoms with Crippen molar-refractivity contribution >= 4 is 22.8 Å². The minimum absolute atomic E-state index is 0.142. The molecule has 1 aliphatic heterocycles. The highest BCUT2D eigenvalue weighted by molar-refractivity contribution is 6.04. The number of aromatic nitrogens is 5. The van der Waals surface area contributed by atoms with Gasteiger partial charge in [0.15, 0.2) is 5.69 Å². The molecule has 24 heavy (non-hydrogen) atoms. The summed E-state index contributed by atoms with van der Waals surface area (Å²) < 4.78 is 6.53. The van der Waals surface area contributed by atoms with Gasteiger partial charge in [0, 0.05) is 5.39 Å². The summed E-state index contributed by atoms with van der Waals surface area (Å²) in [4.78, 5) is 23.0. The first-order chi connectivity index (χ1) is 11.7. The Bertz CT molecular complexity index is 907. The first-order valence-electron chi connectivity index (χ1n) is 7.49. The molecule has 0 saturated carbocycles. The van der Waals surface area contributed by atoms with Crippen LogP contribution in [0.4, 0.5) is 0 Å². The number of nitrogens with one attached hydrogen (secondary N) is 2. The molecular formula is C15H14N6O3. The lowest BCUT2D eigenvalue weighted by molar-refractivity contribution is -0.170. The van der Waals surface area contributed by atoms with Gasteiger partial charge in [0.05, 0.1) is 31.2 Å². The topological polar surface area (TPSA) is 115 Å². The lowest BCUT2D eigenvalue weighted by atomic mass is 10.2. The zero-order valence-corrected chi connectivity index (χ0v) is 12.6.